The Morgan fingerprint density at radius 2 is 1.47 bits per heavy atom. The van der Waals surface area contributed by atoms with Crippen molar-refractivity contribution < 1.29 is 10.2 Å². The zero-order chi connectivity index (χ0) is 12.7. The minimum Gasteiger partial charge on any atom is -0.392 e. The highest BCUT2D eigenvalue weighted by atomic mass is 16.3. The molecule has 2 nitrogen and oxygen atoms in total. The van der Waals surface area contributed by atoms with E-state index < -0.39 is 0 Å². The highest BCUT2D eigenvalue weighted by Crippen LogP contribution is 1.96. The maximum absolute atomic E-state index is 8.04. The van der Waals surface area contributed by atoms with Crippen molar-refractivity contribution in [3.8, 4) is 0 Å². The van der Waals surface area contributed by atoms with Crippen molar-refractivity contribution in [3.63, 3.8) is 0 Å². The van der Waals surface area contributed by atoms with Crippen molar-refractivity contribution >= 4 is 0 Å². The minimum absolute atomic E-state index is 0.0833. The molecule has 90 valence electrons. The minimum atomic E-state index is 0.0833. The lowest BCUT2D eigenvalue weighted by Gasteiger charge is -1.87. The highest BCUT2D eigenvalue weighted by molar-refractivity contribution is 4.86. The van der Waals surface area contributed by atoms with Crippen LogP contribution < -0.4 is 0 Å². The Labute approximate surface area is 94.6 Å². The fourth-order valence-corrected chi connectivity index (χ4v) is 0.427. The first-order valence-corrected chi connectivity index (χ1v) is 5.07. The lowest BCUT2D eigenvalue weighted by Crippen LogP contribution is -1.76. The second-order valence-corrected chi connectivity index (χ2v) is 3.29. The second-order valence-electron chi connectivity index (χ2n) is 3.29. The molecule has 0 bridgehead atoms. The summed E-state index contributed by atoms with van der Waals surface area (Å²) in [4.78, 5) is 0. The summed E-state index contributed by atoms with van der Waals surface area (Å²) < 4.78 is 0. The van der Waals surface area contributed by atoms with Gasteiger partial charge in [-0.1, -0.05) is 37.1 Å². The number of rotatable bonds is 4. The summed E-state index contributed by atoms with van der Waals surface area (Å²) in [6.45, 7) is 16.6. The quantitative estimate of drug-likeness (QED) is 0.706. The Morgan fingerprint density at radius 3 is 1.47 bits per heavy atom. The van der Waals surface area contributed by atoms with Crippen LogP contribution in [0.25, 0.3) is 0 Å². The lowest BCUT2D eigenvalue weighted by atomic mass is 10.2. The largest absolute Gasteiger partial charge is 0.392 e. The number of allylic oxidation sites excluding steroid dienone is 1. The van der Waals surface area contributed by atoms with Gasteiger partial charge in [-0.05, 0) is 20.3 Å². The zero-order valence-corrected chi connectivity index (χ0v) is 10.4. The number of hydrogen-bond acceptors (Lipinski definition) is 2. The van der Waals surface area contributed by atoms with Crippen molar-refractivity contribution in [1.82, 2.24) is 0 Å². The Hall–Kier alpha value is -0.860. The van der Waals surface area contributed by atoms with Crippen molar-refractivity contribution in [2.24, 2.45) is 0 Å². The topological polar surface area (TPSA) is 40.5 Å². The second kappa shape index (κ2) is 18.8. The number of hydrogen-bond donors (Lipinski definition) is 2. The Morgan fingerprint density at radius 1 is 1.13 bits per heavy atom. The monoisotopic (exact) mass is 214 g/mol. The molecule has 0 saturated heterocycles. The third kappa shape index (κ3) is 61.7. The third-order valence-corrected chi connectivity index (χ3v) is 1.08. The van der Waals surface area contributed by atoms with Crippen LogP contribution in [0, 0.1) is 0 Å². The van der Waals surface area contributed by atoms with Crippen LogP contribution in [0.2, 0.25) is 0 Å². The Balaban J connectivity index is -0.000000147. The van der Waals surface area contributed by atoms with Crippen LogP contribution in [-0.4, -0.2) is 23.4 Å². The van der Waals surface area contributed by atoms with Crippen molar-refractivity contribution in [2.45, 2.75) is 33.6 Å². The molecule has 0 fully saturated rings. The summed E-state index contributed by atoms with van der Waals surface area (Å²) in [7, 11) is 0. The van der Waals surface area contributed by atoms with Crippen LogP contribution in [0.1, 0.15) is 33.6 Å². The van der Waals surface area contributed by atoms with E-state index >= 15 is 0 Å². The third-order valence-electron chi connectivity index (χ3n) is 1.08. The van der Waals surface area contributed by atoms with Crippen LogP contribution >= 0.6 is 0 Å². The van der Waals surface area contributed by atoms with Crippen molar-refractivity contribution in [2.75, 3.05) is 13.2 Å². The molecule has 0 aliphatic carbocycles. The molecule has 2 heteroatoms. The number of aliphatic hydroxyl groups is 2. The summed E-state index contributed by atoms with van der Waals surface area (Å²) in [5.41, 5.74) is 2.10. The fraction of sp³-hybridized carbons (Fsp3) is 0.538. The molecule has 0 aromatic carbocycles. The normalized spacial score (nSPS) is 7.53. The maximum Gasteiger partial charge on any atom is 0.0636 e. The SMILES string of the molecule is C=C(C)CCC.C=C(C)CO.C=CCO. The van der Waals surface area contributed by atoms with Gasteiger partial charge in [0.2, 0.25) is 0 Å². The number of aliphatic hydroxyl groups excluding tert-OH is 2. The van der Waals surface area contributed by atoms with Crippen molar-refractivity contribution in [3.05, 3.63) is 37.0 Å². The van der Waals surface area contributed by atoms with Gasteiger partial charge in [-0.2, -0.15) is 0 Å². The molecule has 0 radical (unpaired) electrons. The van der Waals surface area contributed by atoms with E-state index in [1.54, 1.807) is 6.92 Å². The zero-order valence-electron chi connectivity index (χ0n) is 10.4. The predicted molar refractivity (Wildman–Crippen MR) is 68.9 cm³/mol. The molecular formula is C13H26O2. The average molecular weight is 214 g/mol. The molecule has 0 aromatic rings. The van der Waals surface area contributed by atoms with E-state index in [0.717, 1.165) is 5.57 Å². The molecule has 0 aliphatic rings. The molecule has 15 heavy (non-hydrogen) atoms. The molecule has 0 atom stereocenters. The molecule has 0 spiro atoms. The average Bonchev–Trinajstić information content (AvgIpc) is 2.19. The van der Waals surface area contributed by atoms with Crippen LogP contribution in [-0.2, 0) is 0 Å². The van der Waals surface area contributed by atoms with Crippen LogP contribution in [0.3, 0.4) is 0 Å². The molecule has 0 amide bonds. The summed E-state index contributed by atoms with van der Waals surface area (Å²) in [5.74, 6) is 0. The van der Waals surface area contributed by atoms with Gasteiger partial charge >= 0.3 is 0 Å². The van der Waals surface area contributed by atoms with E-state index in [1.807, 2.05) is 0 Å². The van der Waals surface area contributed by atoms with Crippen LogP contribution in [0.15, 0.2) is 37.0 Å². The van der Waals surface area contributed by atoms with E-state index in [0.29, 0.717) is 0 Å². The van der Waals surface area contributed by atoms with E-state index in [4.69, 9.17) is 10.2 Å². The smallest absolute Gasteiger partial charge is 0.0636 e. The maximum atomic E-state index is 8.04. The first-order valence-electron chi connectivity index (χ1n) is 5.07. The first kappa shape index (κ1) is 19.7. The summed E-state index contributed by atoms with van der Waals surface area (Å²) in [6.07, 6.45) is 3.84. The van der Waals surface area contributed by atoms with Crippen molar-refractivity contribution in [1.29, 1.82) is 0 Å². The van der Waals surface area contributed by atoms with Gasteiger partial charge in [0, 0.05) is 0 Å². The molecular weight excluding hydrogens is 188 g/mol. The molecule has 0 saturated carbocycles. The molecule has 2 N–H and O–H groups in total. The van der Waals surface area contributed by atoms with Crippen LogP contribution in [0.4, 0.5) is 0 Å². The fourth-order valence-electron chi connectivity index (χ4n) is 0.427. The van der Waals surface area contributed by atoms with E-state index in [1.165, 1.54) is 24.5 Å². The van der Waals surface area contributed by atoms with Gasteiger partial charge in [-0.3, -0.25) is 0 Å². The van der Waals surface area contributed by atoms with E-state index in [9.17, 15) is 0 Å². The molecule has 0 heterocycles. The van der Waals surface area contributed by atoms with Gasteiger partial charge in [0.25, 0.3) is 0 Å². The Kier molecular flexibility index (Phi) is 24.7. The van der Waals surface area contributed by atoms with E-state index in [-0.39, 0.29) is 13.2 Å². The summed E-state index contributed by atoms with van der Waals surface area (Å²) in [6, 6.07) is 0. The molecule has 0 rings (SSSR count). The highest BCUT2D eigenvalue weighted by Gasteiger charge is 1.76. The summed E-state index contributed by atoms with van der Waals surface area (Å²) >= 11 is 0. The molecule has 0 unspecified atom stereocenters. The summed E-state index contributed by atoms with van der Waals surface area (Å²) in [5, 5.41) is 15.8. The lowest BCUT2D eigenvalue weighted by molar-refractivity contribution is 0.332. The molecule has 0 aromatic heterocycles. The Bertz CT molecular complexity index is 160. The van der Waals surface area contributed by atoms with Gasteiger partial charge < -0.3 is 10.2 Å². The first-order chi connectivity index (χ1) is 6.95. The van der Waals surface area contributed by atoms with Gasteiger partial charge in [0.15, 0.2) is 0 Å². The standard InChI is InChI=1S/C6H12.C4H8O.C3H6O/c1-4-5-6(2)3;1-4(2)3-5;1-2-3-4/h2,4-5H2,1,3H3;5H,1,3H2,2H3;2,4H,1,3H2. The van der Waals surface area contributed by atoms with Gasteiger partial charge in [0.05, 0.1) is 13.2 Å². The predicted octanol–water partition coefficient (Wildman–Crippen LogP) is 3.08. The van der Waals surface area contributed by atoms with Gasteiger partial charge in [-0.15, -0.1) is 13.2 Å². The van der Waals surface area contributed by atoms with E-state index in [2.05, 4.69) is 33.6 Å². The van der Waals surface area contributed by atoms with Gasteiger partial charge in [0.1, 0.15) is 0 Å². The molecule has 0 aliphatic heterocycles. The van der Waals surface area contributed by atoms with Crippen LogP contribution in [0.5, 0.6) is 0 Å². The van der Waals surface area contributed by atoms with Gasteiger partial charge in [-0.25, -0.2) is 0 Å².